The summed E-state index contributed by atoms with van der Waals surface area (Å²) >= 11 is 0. The predicted molar refractivity (Wildman–Crippen MR) is 373 cm³/mol. The number of aromatic hydroxyl groups is 1. The Hall–Kier alpha value is -9.76. The van der Waals surface area contributed by atoms with E-state index < -0.39 is 6.17 Å². The molecule has 1 spiro atoms. The zero-order valence-corrected chi connectivity index (χ0v) is 54.6. The largest absolute Gasteiger partial charge is 0.507 e. The van der Waals surface area contributed by atoms with Crippen LogP contribution in [0.15, 0.2) is 153 Å². The summed E-state index contributed by atoms with van der Waals surface area (Å²) in [6.07, 6.45) is 12.1. The van der Waals surface area contributed by atoms with E-state index in [0.717, 1.165) is 153 Å². The number of hydrogen-bond acceptors (Lipinski definition) is 19. The van der Waals surface area contributed by atoms with Crippen LogP contribution in [0, 0.1) is 26.2 Å². The minimum Gasteiger partial charge on any atom is -0.507 e. The van der Waals surface area contributed by atoms with Crippen LogP contribution in [0.5, 0.6) is 28.7 Å². The topological polar surface area (TPSA) is 195 Å². The molecule has 1 atom stereocenters. The standard InChI is InChI=1S/C20H25N3O2.C19H20N2O3.C18H19FN2O2.C18H20N2O3.CH4/c1-16-6-3-8-19(18(16)14-24)25-15-17-7-4-9-21-20(17)23-11-5-10-22(2)12-13-23;1-2-15-16(22)6-3-7-17(15)24-9-14-5-4-8-20-18(14)21-10-19(11-21)12-23-13-19;1-13-4-2-6-17(16(13)11-22)23-12-14-5-3-8-20-18(14)21-9-7-15(19)10-21;1-14-4-2-6-17(16(14)12-21)23-13-15-5-3-7-19-18(15)20-8-10-22-11-9-20;/h3-4,6-9,14H,5,10-13,15H2,1-2H3;2-8,22H,1,9-13H2;2-6,8,11,15H,7,9-10,12H2,1H3;2-7,12H,8-11,13H2,1H3;1H4/t;;15-;;/m..1../s1. The molecule has 5 fully saturated rings. The number of rotatable bonds is 20. The number of hydrogen-bond donors (Lipinski definition) is 1. The fraction of sp³-hybridized carbons (Fsp3) is 0.355. The number of halogens is 1. The highest BCUT2D eigenvalue weighted by molar-refractivity contribution is 5.83. The molecule has 0 amide bonds. The van der Waals surface area contributed by atoms with Gasteiger partial charge in [-0.15, -0.1) is 0 Å². The lowest BCUT2D eigenvalue weighted by molar-refractivity contribution is -0.127. The van der Waals surface area contributed by atoms with Gasteiger partial charge in [0.25, 0.3) is 0 Å². The SMILES string of the molecule is C.C=Cc1c(O)cccc1OCc1cccnc1N1CC2(COC2)C1.Cc1cccc(OCc2cccnc2N2CCCN(C)CC2)c1C=O.Cc1cccc(OCc2cccnc2N2CCOCC2)c1C=O.Cc1cccc(OCc2cccnc2N2CC[C@@H](F)C2)c1C=O. The monoisotopic (exact) mass is 1310 g/mol. The molecule has 1 N–H and O–H groups in total. The molecule has 0 aliphatic carbocycles. The number of phenolic OH excluding ortho intramolecular Hbond substituents is 1. The molecule has 4 aromatic heterocycles. The van der Waals surface area contributed by atoms with Crippen LogP contribution in [-0.2, 0) is 35.9 Å². The summed E-state index contributed by atoms with van der Waals surface area (Å²) in [5.74, 6) is 6.21. The maximum absolute atomic E-state index is 13.4. The van der Waals surface area contributed by atoms with Crippen molar-refractivity contribution in [2.75, 3.05) is 119 Å². The molecule has 5 aliphatic heterocycles. The Labute approximate surface area is 563 Å². The van der Waals surface area contributed by atoms with Crippen molar-refractivity contribution in [1.82, 2.24) is 24.8 Å². The number of anilines is 4. The van der Waals surface area contributed by atoms with E-state index in [0.29, 0.717) is 110 Å². The average molecular weight is 1310 g/mol. The number of likely N-dealkylation sites (N-methyl/N-ethyl adjacent to an activating group) is 1. The van der Waals surface area contributed by atoms with Crippen LogP contribution in [0.2, 0.25) is 0 Å². The fourth-order valence-electron chi connectivity index (χ4n) is 12.0. The van der Waals surface area contributed by atoms with Gasteiger partial charge in [-0.25, -0.2) is 24.3 Å². The summed E-state index contributed by atoms with van der Waals surface area (Å²) in [4.78, 5) is 62.9. The van der Waals surface area contributed by atoms with Crippen molar-refractivity contribution in [2.24, 2.45) is 5.41 Å². The number of aldehydes is 3. The zero-order valence-electron chi connectivity index (χ0n) is 54.6. The molecule has 13 rings (SSSR count). The number of phenols is 1. The number of nitrogens with zero attached hydrogens (tertiary/aromatic N) is 9. The van der Waals surface area contributed by atoms with E-state index in [1.165, 1.54) is 0 Å². The second-order valence-electron chi connectivity index (χ2n) is 24.2. The van der Waals surface area contributed by atoms with Crippen LogP contribution in [-0.4, -0.2) is 154 Å². The van der Waals surface area contributed by atoms with Gasteiger partial charge in [0, 0.05) is 99.4 Å². The molecule has 8 aromatic rings. The molecule has 0 radical (unpaired) electrons. The van der Waals surface area contributed by atoms with Crippen LogP contribution in [0.4, 0.5) is 27.7 Å². The number of pyridine rings is 4. The van der Waals surface area contributed by atoms with E-state index in [2.05, 4.69) is 53.2 Å². The third-order valence-corrected chi connectivity index (χ3v) is 17.4. The maximum atomic E-state index is 13.4. The molecule has 0 bridgehead atoms. The van der Waals surface area contributed by atoms with Crippen LogP contribution in [0.3, 0.4) is 0 Å². The Morgan fingerprint density at radius 2 is 0.917 bits per heavy atom. The maximum Gasteiger partial charge on any atom is 0.154 e. The molecule has 5 aliphatic rings. The van der Waals surface area contributed by atoms with E-state index in [4.69, 9.17) is 28.4 Å². The molecule has 19 nitrogen and oxygen atoms in total. The van der Waals surface area contributed by atoms with Gasteiger partial charge in [0.05, 0.1) is 60.6 Å². The van der Waals surface area contributed by atoms with Crippen LogP contribution in [0.25, 0.3) is 6.08 Å². The van der Waals surface area contributed by atoms with Gasteiger partial charge < -0.3 is 58.0 Å². The first-order chi connectivity index (χ1) is 46.4. The number of aryl methyl sites for hydroxylation is 3. The Morgan fingerprint density at radius 1 is 0.510 bits per heavy atom. The van der Waals surface area contributed by atoms with Crippen LogP contribution < -0.4 is 38.5 Å². The number of carbonyl (C=O) groups excluding carboxylic acids is 3. The minimum atomic E-state index is -0.802. The smallest absolute Gasteiger partial charge is 0.154 e. The van der Waals surface area contributed by atoms with Gasteiger partial charge in [-0.3, -0.25) is 14.4 Å². The summed E-state index contributed by atoms with van der Waals surface area (Å²) in [7, 11) is 2.16. The van der Waals surface area contributed by atoms with E-state index in [-0.39, 0.29) is 13.2 Å². The molecular weight excluding hydrogens is 1220 g/mol. The van der Waals surface area contributed by atoms with Crippen molar-refractivity contribution in [3.8, 4) is 28.7 Å². The highest BCUT2D eigenvalue weighted by atomic mass is 19.1. The van der Waals surface area contributed by atoms with Gasteiger partial charge in [0.15, 0.2) is 18.9 Å². The first-order valence-electron chi connectivity index (χ1n) is 32.2. The summed E-state index contributed by atoms with van der Waals surface area (Å²) in [5.41, 5.74) is 9.42. The quantitative estimate of drug-likeness (QED) is 0.0707. The zero-order chi connectivity index (χ0) is 66.5. The Morgan fingerprint density at radius 3 is 1.31 bits per heavy atom. The highest BCUT2D eigenvalue weighted by Crippen LogP contribution is 2.41. The van der Waals surface area contributed by atoms with Crippen molar-refractivity contribution >= 4 is 48.2 Å². The van der Waals surface area contributed by atoms with Gasteiger partial charge in [-0.1, -0.05) is 86.8 Å². The van der Waals surface area contributed by atoms with Crippen molar-refractivity contribution in [2.45, 2.75) is 73.6 Å². The second-order valence-corrected chi connectivity index (χ2v) is 24.2. The molecule has 0 unspecified atom stereocenters. The number of benzene rings is 4. The average Bonchev–Trinajstić information content (AvgIpc) is 0.887. The van der Waals surface area contributed by atoms with E-state index in [1.807, 2.05) is 141 Å². The lowest BCUT2D eigenvalue weighted by Crippen LogP contribution is -2.66. The van der Waals surface area contributed by atoms with E-state index >= 15 is 0 Å². The number of morpholine rings is 1. The van der Waals surface area contributed by atoms with Crippen molar-refractivity contribution in [3.05, 3.63) is 214 Å². The first kappa shape index (κ1) is 70.6. The summed E-state index contributed by atoms with van der Waals surface area (Å²) in [6, 6.07) is 37.6. The normalized spacial score (nSPS) is 16.2. The number of ether oxygens (including phenoxy) is 6. The van der Waals surface area contributed by atoms with Gasteiger partial charge in [0.1, 0.15) is 84.6 Å². The number of aromatic nitrogens is 4. The molecule has 5 saturated heterocycles. The van der Waals surface area contributed by atoms with Crippen molar-refractivity contribution in [3.63, 3.8) is 0 Å². The molecule has 0 saturated carbocycles. The molecule has 96 heavy (non-hydrogen) atoms. The van der Waals surface area contributed by atoms with E-state index in [9.17, 15) is 23.9 Å². The van der Waals surface area contributed by atoms with Crippen molar-refractivity contribution < 1.29 is 52.3 Å². The van der Waals surface area contributed by atoms with Crippen LogP contribution in [0.1, 0.15) is 95.8 Å². The fourth-order valence-corrected chi connectivity index (χ4v) is 12.0. The third-order valence-electron chi connectivity index (χ3n) is 17.4. The molecule has 20 heteroatoms. The highest BCUT2D eigenvalue weighted by Gasteiger charge is 2.50. The van der Waals surface area contributed by atoms with Gasteiger partial charge in [-0.2, -0.15) is 0 Å². The third kappa shape index (κ3) is 18.0. The molecular formula is C76H88FN9O10. The molecule has 9 heterocycles. The number of carbonyl (C=O) groups is 3. The number of alkyl halides is 1. The summed E-state index contributed by atoms with van der Waals surface area (Å²) in [5, 5.41) is 9.89. The summed E-state index contributed by atoms with van der Waals surface area (Å²) in [6.45, 7) is 22.8. The molecule has 4 aromatic carbocycles. The second kappa shape index (κ2) is 34.6. The Kier molecular flexibility index (Phi) is 25.4. The summed E-state index contributed by atoms with van der Waals surface area (Å²) < 4.78 is 47.8. The lowest BCUT2D eigenvalue weighted by atomic mass is 9.78. The minimum absolute atomic E-state index is 0. The van der Waals surface area contributed by atoms with Gasteiger partial charge >= 0.3 is 0 Å². The first-order valence-corrected chi connectivity index (χ1v) is 32.2. The Bertz CT molecular complexity index is 3770. The lowest BCUT2D eigenvalue weighted by Gasteiger charge is -2.55. The molecule has 504 valence electrons. The Balaban J connectivity index is 0.000000150. The van der Waals surface area contributed by atoms with Crippen LogP contribution >= 0.6 is 0 Å². The van der Waals surface area contributed by atoms with Gasteiger partial charge in [0.2, 0.25) is 0 Å². The van der Waals surface area contributed by atoms with E-state index in [1.54, 1.807) is 36.7 Å². The predicted octanol–water partition coefficient (Wildman–Crippen LogP) is 12.4. The van der Waals surface area contributed by atoms with Gasteiger partial charge in [-0.05, 0) is 118 Å². The van der Waals surface area contributed by atoms with Crippen molar-refractivity contribution in [1.29, 1.82) is 0 Å².